The van der Waals surface area contributed by atoms with E-state index in [-0.39, 0.29) is 0 Å². The molecule has 1 aromatic heterocycles. The normalized spacial score (nSPS) is 11.9. The number of benzene rings is 1. The quantitative estimate of drug-likeness (QED) is 0.820. The number of nitrogens with one attached hydrogen (secondary N) is 1. The van der Waals surface area contributed by atoms with Crippen LogP contribution >= 0.6 is 15.9 Å². The second-order valence-corrected chi connectivity index (χ2v) is 5.12. The van der Waals surface area contributed by atoms with Gasteiger partial charge in [0.15, 0.2) is 0 Å². The van der Waals surface area contributed by atoms with E-state index in [9.17, 15) is 13.2 Å². The fourth-order valence-corrected chi connectivity index (χ4v) is 2.39. The fraction of sp³-hybridized carbons (Fsp3) is 0.308. The third-order valence-electron chi connectivity index (χ3n) is 3.01. The van der Waals surface area contributed by atoms with Crippen LogP contribution in [-0.2, 0) is 6.18 Å². The SMILES string of the molecule is CNc1cc(C(F)(F)F)nc2cc(C)c(Br)c(C)c12. The van der Waals surface area contributed by atoms with E-state index in [0.29, 0.717) is 16.6 Å². The molecule has 0 atom stereocenters. The lowest BCUT2D eigenvalue weighted by molar-refractivity contribution is -0.140. The van der Waals surface area contributed by atoms with Crippen molar-refractivity contribution in [1.29, 1.82) is 0 Å². The molecule has 102 valence electrons. The van der Waals surface area contributed by atoms with Gasteiger partial charge in [-0.2, -0.15) is 13.2 Å². The summed E-state index contributed by atoms with van der Waals surface area (Å²) in [6.07, 6.45) is -4.45. The zero-order valence-electron chi connectivity index (χ0n) is 10.6. The van der Waals surface area contributed by atoms with Crippen LogP contribution in [0.5, 0.6) is 0 Å². The van der Waals surface area contributed by atoms with Crippen LogP contribution in [-0.4, -0.2) is 12.0 Å². The molecule has 0 spiro atoms. The number of pyridine rings is 1. The standard InChI is InChI=1S/C13H12BrF3N2/c1-6-4-9-11(7(2)12(6)14)8(18-3)5-10(19-9)13(15,16)17/h4-5H,1-3H3,(H,18,19). The summed E-state index contributed by atoms with van der Waals surface area (Å²) in [5.74, 6) is 0. The molecule has 2 nitrogen and oxygen atoms in total. The predicted octanol–water partition coefficient (Wildman–Crippen LogP) is 4.67. The van der Waals surface area contributed by atoms with E-state index < -0.39 is 11.9 Å². The monoisotopic (exact) mass is 332 g/mol. The van der Waals surface area contributed by atoms with Crippen LogP contribution in [0.1, 0.15) is 16.8 Å². The van der Waals surface area contributed by atoms with Gasteiger partial charge >= 0.3 is 6.18 Å². The summed E-state index contributed by atoms with van der Waals surface area (Å²) in [5, 5.41) is 3.51. The summed E-state index contributed by atoms with van der Waals surface area (Å²) in [4.78, 5) is 3.73. The van der Waals surface area contributed by atoms with Crippen molar-refractivity contribution in [3.05, 3.63) is 33.4 Å². The minimum absolute atomic E-state index is 0.345. The van der Waals surface area contributed by atoms with Crippen LogP contribution in [0.2, 0.25) is 0 Å². The van der Waals surface area contributed by atoms with E-state index in [2.05, 4.69) is 26.2 Å². The maximum Gasteiger partial charge on any atom is 0.433 e. The lowest BCUT2D eigenvalue weighted by atomic mass is 10.0. The predicted molar refractivity (Wildman–Crippen MR) is 73.5 cm³/mol. The van der Waals surface area contributed by atoms with Gasteiger partial charge in [0.1, 0.15) is 5.69 Å². The number of nitrogens with zero attached hydrogens (tertiary/aromatic N) is 1. The zero-order valence-corrected chi connectivity index (χ0v) is 12.2. The molecule has 6 heteroatoms. The molecule has 0 fully saturated rings. The zero-order chi connectivity index (χ0) is 14.4. The minimum Gasteiger partial charge on any atom is -0.388 e. The van der Waals surface area contributed by atoms with Crippen LogP contribution in [0.15, 0.2) is 16.6 Å². The van der Waals surface area contributed by atoms with Crippen molar-refractivity contribution in [3.63, 3.8) is 0 Å². The number of hydrogen-bond acceptors (Lipinski definition) is 2. The molecule has 1 N–H and O–H groups in total. The van der Waals surface area contributed by atoms with E-state index >= 15 is 0 Å². The van der Waals surface area contributed by atoms with Gasteiger partial charge in [0.25, 0.3) is 0 Å². The number of aromatic nitrogens is 1. The van der Waals surface area contributed by atoms with Gasteiger partial charge in [-0.3, -0.25) is 0 Å². The molecule has 2 rings (SSSR count). The maximum atomic E-state index is 12.8. The highest BCUT2D eigenvalue weighted by Crippen LogP contribution is 2.37. The van der Waals surface area contributed by atoms with Gasteiger partial charge in [0.2, 0.25) is 0 Å². The highest BCUT2D eigenvalue weighted by molar-refractivity contribution is 9.10. The lowest BCUT2D eigenvalue weighted by Gasteiger charge is -2.15. The molecule has 0 aliphatic rings. The molecule has 0 saturated heterocycles. The molecule has 0 unspecified atom stereocenters. The summed E-state index contributed by atoms with van der Waals surface area (Å²) in [6.45, 7) is 3.69. The average Bonchev–Trinajstić information content (AvgIpc) is 2.33. The number of fused-ring (bicyclic) bond motifs is 1. The van der Waals surface area contributed by atoms with E-state index in [1.54, 1.807) is 13.1 Å². The third-order valence-corrected chi connectivity index (χ3v) is 4.23. The molecule has 0 saturated carbocycles. The van der Waals surface area contributed by atoms with Crippen molar-refractivity contribution in [1.82, 2.24) is 4.98 Å². The number of alkyl halides is 3. The highest BCUT2D eigenvalue weighted by atomic mass is 79.9. The number of hydrogen-bond donors (Lipinski definition) is 1. The Hall–Kier alpha value is -1.30. The molecular weight excluding hydrogens is 321 g/mol. The fourth-order valence-electron chi connectivity index (χ4n) is 2.08. The van der Waals surface area contributed by atoms with E-state index in [4.69, 9.17) is 0 Å². The topological polar surface area (TPSA) is 24.9 Å². The van der Waals surface area contributed by atoms with Gasteiger partial charge in [-0.1, -0.05) is 15.9 Å². The Labute approximate surface area is 117 Å². The Balaban J connectivity index is 2.89. The third kappa shape index (κ3) is 2.41. The summed E-state index contributed by atoms with van der Waals surface area (Å²) in [6, 6.07) is 2.69. The van der Waals surface area contributed by atoms with Gasteiger partial charge in [0.05, 0.1) is 5.52 Å². The molecule has 19 heavy (non-hydrogen) atoms. The number of aryl methyl sites for hydroxylation is 2. The van der Waals surface area contributed by atoms with Crippen molar-refractivity contribution in [2.24, 2.45) is 0 Å². The van der Waals surface area contributed by atoms with Crippen molar-refractivity contribution < 1.29 is 13.2 Å². The first-order valence-electron chi connectivity index (χ1n) is 5.61. The molecule has 1 aromatic carbocycles. The smallest absolute Gasteiger partial charge is 0.388 e. The summed E-state index contributed by atoms with van der Waals surface area (Å²) >= 11 is 3.44. The van der Waals surface area contributed by atoms with Crippen LogP contribution in [0, 0.1) is 13.8 Å². The Morgan fingerprint density at radius 2 is 1.84 bits per heavy atom. The van der Waals surface area contributed by atoms with Crippen LogP contribution < -0.4 is 5.32 Å². The van der Waals surface area contributed by atoms with Gasteiger partial charge < -0.3 is 5.32 Å². The van der Waals surface area contributed by atoms with Crippen molar-refractivity contribution >= 4 is 32.5 Å². The number of rotatable bonds is 1. The maximum absolute atomic E-state index is 12.8. The first-order chi connectivity index (χ1) is 8.75. The van der Waals surface area contributed by atoms with Crippen molar-refractivity contribution in [2.45, 2.75) is 20.0 Å². The second kappa shape index (κ2) is 4.67. The highest BCUT2D eigenvalue weighted by Gasteiger charge is 2.33. The van der Waals surface area contributed by atoms with Gasteiger partial charge in [-0.15, -0.1) is 0 Å². The van der Waals surface area contributed by atoms with E-state index in [1.807, 2.05) is 13.8 Å². The summed E-state index contributed by atoms with van der Waals surface area (Å²) < 4.78 is 39.3. The molecule has 1 heterocycles. The van der Waals surface area contributed by atoms with Gasteiger partial charge in [-0.05, 0) is 37.1 Å². The average molecular weight is 333 g/mol. The minimum atomic E-state index is -4.45. The van der Waals surface area contributed by atoms with Crippen LogP contribution in [0.4, 0.5) is 18.9 Å². The van der Waals surface area contributed by atoms with Crippen LogP contribution in [0.25, 0.3) is 10.9 Å². The van der Waals surface area contributed by atoms with Crippen molar-refractivity contribution in [2.75, 3.05) is 12.4 Å². The molecular formula is C13H12BrF3N2. The molecule has 0 aliphatic heterocycles. The molecule has 0 aliphatic carbocycles. The van der Waals surface area contributed by atoms with Gasteiger partial charge in [0, 0.05) is 22.6 Å². The number of anilines is 1. The largest absolute Gasteiger partial charge is 0.433 e. The van der Waals surface area contributed by atoms with E-state index in [1.165, 1.54) is 0 Å². The van der Waals surface area contributed by atoms with E-state index in [0.717, 1.165) is 21.7 Å². The van der Waals surface area contributed by atoms with Gasteiger partial charge in [-0.25, -0.2) is 4.98 Å². The number of halogens is 4. The lowest BCUT2D eigenvalue weighted by Crippen LogP contribution is -2.09. The molecule has 0 amide bonds. The molecule has 2 aromatic rings. The Kier molecular flexibility index (Phi) is 3.47. The first-order valence-corrected chi connectivity index (χ1v) is 6.40. The summed E-state index contributed by atoms with van der Waals surface area (Å²) in [5.41, 5.74) is 1.62. The first kappa shape index (κ1) is 14.1. The Morgan fingerprint density at radius 1 is 1.21 bits per heavy atom. The second-order valence-electron chi connectivity index (χ2n) is 4.33. The molecule has 0 radical (unpaired) electrons. The summed E-state index contributed by atoms with van der Waals surface area (Å²) in [7, 11) is 1.60. The Bertz CT molecular complexity index is 651. The molecule has 0 bridgehead atoms. The Morgan fingerprint density at radius 3 is 2.37 bits per heavy atom. The van der Waals surface area contributed by atoms with Crippen molar-refractivity contribution in [3.8, 4) is 0 Å². The van der Waals surface area contributed by atoms with Crippen LogP contribution in [0.3, 0.4) is 0 Å².